The Morgan fingerprint density at radius 3 is 2.58 bits per heavy atom. The lowest BCUT2D eigenvalue weighted by Gasteiger charge is -2.33. The van der Waals surface area contributed by atoms with Crippen molar-refractivity contribution in [2.75, 3.05) is 29.9 Å². The Labute approximate surface area is 194 Å². The molecule has 33 heavy (non-hydrogen) atoms. The standard InChI is InChI=1S/C26H31N3O4/c30-24-10-9-21(26(32)28-24)17-27-22-7-4-8-23(16-22)29-13-11-19(12-14-29)15-25(31)33-18-20-5-2-1-3-6-20/h1-8,16,19,21,27H,9-15,17-18H2,(H,28,30,32). The molecule has 1 atom stereocenters. The molecule has 2 saturated heterocycles. The average Bonchev–Trinajstić information content (AvgIpc) is 2.83. The molecule has 2 aromatic carbocycles. The molecule has 0 radical (unpaired) electrons. The normalized spacial score (nSPS) is 19.2. The van der Waals surface area contributed by atoms with E-state index in [1.165, 1.54) is 0 Å². The lowest BCUT2D eigenvalue weighted by atomic mass is 9.93. The molecule has 2 fully saturated rings. The molecule has 2 aromatic rings. The summed E-state index contributed by atoms with van der Waals surface area (Å²) in [4.78, 5) is 37.8. The zero-order chi connectivity index (χ0) is 23.0. The van der Waals surface area contributed by atoms with Gasteiger partial charge in [0.2, 0.25) is 11.8 Å². The number of hydrogen-bond donors (Lipinski definition) is 2. The first kappa shape index (κ1) is 22.8. The van der Waals surface area contributed by atoms with E-state index in [9.17, 15) is 14.4 Å². The van der Waals surface area contributed by atoms with Gasteiger partial charge in [-0.2, -0.15) is 0 Å². The van der Waals surface area contributed by atoms with Gasteiger partial charge in [-0.05, 0) is 48.9 Å². The Hall–Kier alpha value is -3.35. The van der Waals surface area contributed by atoms with Crippen LogP contribution in [0.15, 0.2) is 54.6 Å². The highest BCUT2D eigenvalue weighted by atomic mass is 16.5. The number of nitrogens with one attached hydrogen (secondary N) is 2. The molecule has 2 aliphatic rings. The van der Waals surface area contributed by atoms with Crippen molar-refractivity contribution in [2.45, 2.75) is 38.7 Å². The van der Waals surface area contributed by atoms with Gasteiger partial charge < -0.3 is 15.0 Å². The third kappa shape index (κ3) is 6.57. The number of carbonyl (C=O) groups is 3. The van der Waals surface area contributed by atoms with Crippen molar-refractivity contribution >= 4 is 29.2 Å². The molecule has 2 N–H and O–H groups in total. The largest absolute Gasteiger partial charge is 0.461 e. The van der Waals surface area contributed by atoms with Crippen LogP contribution in [0.25, 0.3) is 0 Å². The number of esters is 1. The summed E-state index contributed by atoms with van der Waals surface area (Å²) in [5.74, 6) is -0.357. The quantitative estimate of drug-likeness (QED) is 0.474. The fourth-order valence-electron chi connectivity index (χ4n) is 4.41. The summed E-state index contributed by atoms with van der Waals surface area (Å²) in [6, 6.07) is 17.9. The first-order valence-corrected chi connectivity index (χ1v) is 11.7. The van der Waals surface area contributed by atoms with Crippen molar-refractivity contribution in [3.8, 4) is 0 Å². The molecule has 7 heteroatoms. The number of ether oxygens (including phenoxy) is 1. The summed E-state index contributed by atoms with van der Waals surface area (Å²) in [5, 5.41) is 5.74. The molecule has 4 rings (SSSR count). The maximum atomic E-state index is 12.2. The Balaban J connectivity index is 1.21. The van der Waals surface area contributed by atoms with Crippen molar-refractivity contribution in [3.63, 3.8) is 0 Å². The van der Waals surface area contributed by atoms with Crippen LogP contribution in [0.2, 0.25) is 0 Å². The smallest absolute Gasteiger partial charge is 0.306 e. The van der Waals surface area contributed by atoms with Crippen LogP contribution in [0, 0.1) is 11.8 Å². The summed E-state index contributed by atoms with van der Waals surface area (Å²) >= 11 is 0. The van der Waals surface area contributed by atoms with E-state index in [0.717, 1.165) is 42.9 Å². The first-order valence-electron chi connectivity index (χ1n) is 11.7. The molecule has 1 unspecified atom stereocenters. The molecule has 2 heterocycles. The Morgan fingerprint density at radius 2 is 1.82 bits per heavy atom. The highest BCUT2D eigenvalue weighted by Gasteiger charge is 2.26. The summed E-state index contributed by atoms with van der Waals surface area (Å²) in [6.45, 7) is 2.63. The maximum Gasteiger partial charge on any atom is 0.306 e. The predicted octanol–water partition coefficient (Wildman–Crippen LogP) is 3.50. The van der Waals surface area contributed by atoms with Gasteiger partial charge in [-0.3, -0.25) is 19.7 Å². The number of hydrogen-bond acceptors (Lipinski definition) is 6. The number of piperidine rings is 2. The number of rotatable bonds is 8. The number of anilines is 2. The first-order chi connectivity index (χ1) is 16.1. The SMILES string of the molecule is O=C1CCC(CNc2cccc(N3CCC(CC(=O)OCc4ccccc4)CC3)c2)C(=O)N1. The molecule has 2 amide bonds. The summed E-state index contributed by atoms with van der Waals surface area (Å²) in [6.07, 6.45) is 3.35. The summed E-state index contributed by atoms with van der Waals surface area (Å²) in [5.41, 5.74) is 3.10. The number of imide groups is 1. The lowest BCUT2D eigenvalue weighted by molar-refractivity contribution is -0.146. The summed E-state index contributed by atoms with van der Waals surface area (Å²) in [7, 11) is 0. The molecular weight excluding hydrogens is 418 g/mol. The van der Waals surface area contributed by atoms with Crippen molar-refractivity contribution in [3.05, 3.63) is 60.2 Å². The molecular formula is C26H31N3O4. The second kappa shape index (κ2) is 11.0. The van der Waals surface area contributed by atoms with Crippen molar-refractivity contribution in [2.24, 2.45) is 11.8 Å². The summed E-state index contributed by atoms with van der Waals surface area (Å²) < 4.78 is 5.44. The minimum Gasteiger partial charge on any atom is -0.461 e. The van der Waals surface area contributed by atoms with Crippen LogP contribution >= 0.6 is 0 Å². The second-order valence-corrected chi connectivity index (χ2v) is 8.86. The maximum absolute atomic E-state index is 12.2. The van der Waals surface area contributed by atoms with E-state index < -0.39 is 0 Å². The lowest BCUT2D eigenvalue weighted by Crippen LogP contribution is -2.43. The number of amides is 2. The third-order valence-electron chi connectivity index (χ3n) is 6.43. The second-order valence-electron chi connectivity index (χ2n) is 8.86. The van der Waals surface area contributed by atoms with Gasteiger partial charge in [-0.1, -0.05) is 36.4 Å². The molecule has 0 aliphatic carbocycles. The predicted molar refractivity (Wildman–Crippen MR) is 127 cm³/mol. The van der Waals surface area contributed by atoms with E-state index in [1.54, 1.807) is 0 Å². The fraction of sp³-hybridized carbons (Fsp3) is 0.423. The van der Waals surface area contributed by atoms with E-state index in [1.807, 2.05) is 42.5 Å². The van der Waals surface area contributed by atoms with E-state index in [2.05, 4.69) is 27.7 Å². The van der Waals surface area contributed by atoms with Crippen LogP contribution in [0.1, 0.15) is 37.7 Å². The molecule has 174 valence electrons. The molecule has 2 aliphatic heterocycles. The zero-order valence-corrected chi connectivity index (χ0v) is 18.8. The van der Waals surface area contributed by atoms with Crippen molar-refractivity contribution < 1.29 is 19.1 Å². The van der Waals surface area contributed by atoms with Gasteiger partial charge in [0.15, 0.2) is 0 Å². The van der Waals surface area contributed by atoms with Crippen LogP contribution in [-0.4, -0.2) is 37.4 Å². The molecule has 0 bridgehead atoms. The zero-order valence-electron chi connectivity index (χ0n) is 18.8. The highest BCUT2D eigenvalue weighted by Crippen LogP contribution is 2.27. The minimum absolute atomic E-state index is 0.128. The van der Waals surface area contributed by atoms with E-state index in [0.29, 0.717) is 38.3 Å². The van der Waals surface area contributed by atoms with E-state index in [4.69, 9.17) is 4.74 Å². The third-order valence-corrected chi connectivity index (χ3v) is 6.43. The van der Waals surface area contributed by atoms with Gasteiger partial charge in [0.05, 0.1) is 5.92 Å². The Bertz CT molecular complexity index is 971. The molecule has 7 nitrogen and oxygen atoms in total. The number of carbonyl (C=O) groups excluding carboxylic acids is 3. The monoisotopic (exact) mass is 449 g/mol. The number of nitrogens with zero attached hydrogens (tertiary/aromatic N) is 1. The number of benzene rings is 2. The van der Waals surface area contributed by atoms with E-state index >= 15 is 0 Å². The average molecular weight is 450 g/mol. The molecule has 0 saturated carbocycles. The Kier molecular flexibility index (Phi) is 7.60. The van der Waals surface area contributed by atoms with Crippen LogP contribution in [-0.2, 0) is 25.7 Å². The molecule has 0 spiro atoms. The topological polar surface area (TPSA) is 87.7 Å². The van der Waals surface area contributed by atoms with Gasteiger partial charge in [0.25, 0.3) is 0 Å². The Morgan fingerprint density at radius 1 is 1.03 bits per heavy atom. The van der Waals surface area contributed by atoms with Crippen molar-refractivity contribution in [1.82, 2.24) is 5.32 Å². The van der Waals surface area contributed by atoms with Crippen LogP contribution < -0.4 is 15.5 Å². The highest BCUT2D eigenvalue weighted by molar-refractivity contribution is 5.98. The van der Waals surface area contributed by atoms with Gasteiger partial charge >= 0.3 is 5.97 Å². The van der Waals surface area contributed by atoms with E-state index in [-0.39, 0.29) is 23.7 Å². The minimum atomic E-state index is -0.195. The van der Waals surface area contributed by atoms with Gasteiger partial charge in [0, 0.05) is 43.9 Å². The van der Waals surface area contributed by atoms with Gasteiger partial charge in [-0.15, -0.1) is 0 Å². The van der Waals surface area contributed by atoms with Crippen molar-refractivity contribution in [1.29, 1.82) is 0 Å². The van der Waals surface area contributed by atoms with Gasteiger partial charge in [-0.25, -0.2) is 0 Å². The van der Waals surface area contributed by atoms with Crippen LogP contribution in [0.4, 0.5) is 11.4 Å². The van der Waals surface area contributed by atoms with Crippen LogP contribution in [0.3, 0.4) is 0 Å². The fourth-order valence-corrected chi connectivity index (χ4v) is 4.41. The van der Waals surface area contributed by atoms with Crippen LogP contribution in [0.5, 0.6) is 0 Å². The van der Waals surface area contributed by atoms with Gasteiger partial charge in [0.1, 0.15) is 6.61 Å². The molecule has 0 aromatic heterocycles.